The molecule has 114 valence electrons. The van der Waals surface area contributed by atoms with E-state index in [2.05, 4.69) is 4.74 Å². The number of nitrogens with zero attached hydrogens (tertiary/aromatic N) is 2. The fraction of sp³-hybridized carbons (Fsp3) is 0.429. The molecule has 0 saturated heterocycles. The van der Waals surface area contributed by atoms with Crippen LogP contribution in [0.25, 0.3) is 0 Å². The number of rotatable bonds is 5. The van der Waals surface area contributed by atoms with Crippen molar-refractivity contribution in [1.82, 2.24) is 4.31 Å². The van der Waals surface area contributed by atoms with Crippen molar-refractivity contribution < 1.29 is 17.9 Å². The number of carbonyl (C=O) groups is 1. The van der Waals surface area contributed by atoms with Gasteiger partial charge in [-0.15, -0.1) is 0 Å². The molecule has 0 bridgehead atoms. The molecule has 7 heteroatoms. The average Bonchev–Trinajstić information content (AvgIpc) is 2.46. The van der Waals surface area contributed by atoms with Gasteiger partial charge in [-0.05, 0) is 24.6 Å². The molecule has 0 aliphatic carbocycles. The maximum atomic E-state index is 12.5. The summed E-state index contributed by atoms with van der Waals surface area (Å²) in [6, 6.07) is 6.40. The molecule has 0 radical (unpaired) electrons. The lowest BCUT2D eigenvalue weighted by Crippen LogP contribution is -2.34. The Morgan fingerprint density at radius 1 is 1.48 bits per heavy atom. The lowest BCUT2D eigenvalue weighted by atomic mass is 10.2. The number of methoxy groups -OCH3 is 1. The second kappa shape index (κ2) is 6.70. The SMILES string of the molecule is COC(=O)C(C)CN(C)S(=O)(=O)c1cc(C#N)ccc1C. The second-order valence-electron chi connectivity index (χ2n) is 4.80. The van der Waals surface area contributed by atoms with Crippen LogP contribution in [0.1, 0.15) is 18.1 Å². The van der Waals surface area contributed by atoms with Gasteiger partial charge in [0.25, 0.3) is 0 Å². The zero-order valence-corrected chi connectivity index (χ0v) is 13.3. The van der Waals surface area contributed by atoms with Gasteiger partial charge in [-0.2, -0.15) is 5.26 Å². The molecule has 0 aliphatic rings. The van der Waals surface area contributed by atoms with Gasteiger partial charge in [0.15, 0.2) is 0 Å². The predicted octanol–water partition coefficient (Wildman–Crippen LogP) is 1.30. The maximum Gasteiger partial charge on any atom is 0.309 e. The minimum absolute atomic E-state index is 0.00519. The van der Waals surface area contributed by atoms with Crippen LogP contribution in [0, 0.1) is 24.2 Å². The number of sulfonamides is 1. The number of hydrogen-bond donors (Lipinski definition) is 0. The van der Waals surface area contributed by atoms with Gasteiger partial charge in [0.05, 0.1) is 29.6 Å². The van der Waals surface area contributed by atoms with Gasteiger partial charge < -0.3 is 4.74 Å². The Morgan fingerprint density at radius 2 is 2.10 bits per heavy atom. The lowest BCUT2D eigenvalue weighted by molar-refractivity contribution is -0.144. The standard InChI is InChI=1S/C14H18N2O4S/c1-10-5-6-12(8-15)7-13(10)21(18,19)16(3)9-11(2)14(17)20-4/h5-7,11H,9H2,1-4H3. The zero-order valence-electron chi connectivity index (χ0n) is 12.5. The summed E-state index contributed by atoms with van der Waals surface area (Å²) in [6.07, 6.45) is 0. The van der Waals surface area contributed by atoms with E-state index in [0.29, 0.717) is 5.56 Å². The smallest absolute Gasteiger partial charge is 0.309 e. The molecule has 1 rings (SSSR count). The predicted molar refractivity (Wildman–Crippen MR) is 76.9 cm³/mol. The zero-order chi connectivity index (χ0) is 16.2. The summed E-state index contributed by atoms with van der Waals surface area (Å²) in [6.45, 7) is 3.26. The molecule has 0 heterocycles. The van der Waals surface area contributed by atoms with Crippen LogP contribution < -0.4 is 0 Å². The van der Waals surface area contributed by atoms with Crippen LogP contribution in [0.4, 0.5) is 0 Å². The van der Waals surface area contributed by atoms with Crippen molar-refractivity contribution in [2.24, 2.45) is 5.92 Å². The fourth-order valence-electron chi connectivity index (χ4n) is 1.87. The first-order chi connectivity index (χ1) is 9.73. The molecule has 21 heavy (non-hydrogen) atoms. The Hall–Kier alpha value is -1.91. The van der Waals surface area contributed by atoms with E-state index in [9.17, 15) is 13.2 Å². The van der Waals surface area contributed by atoms with Crippen molar-refractivity contribution in [3.8, 4) is 6.07 Å². The number of carbonyl (C=O) groups excluding carboxylic acids is 1. The Labute approximate surface area is 125 Å². The Balaban J connectivity index is 3.11. The van der Waals surface area contributed by atoms with E-state index < -0.39 is 21.9 Å². The molecule has 1 aromatic rings. The number of ether oxygens (including phenoxy) is 1. The van der Waals surface area contributed by atoms with Gasteiger partial charge in [0.2, 0.25) is 10.0 Å². The largest absolute Gasteiger partial charge is 0.469 e. The molecule has 6 nitrogen and oxygen atoms in total. The number of nitriles is 1. The van der Waals surface area contributed by atoms with E-state index in [1.54, 1.807) is 26.0 Å². The van der Waals surface area contributed by atoms with E-state index in [1.807, 2.05) is 6.07 Å². The quantitative estimate of drug-likeness (QED) is 0.765. The van der Waals surface area contributed by atoms with E-state index in [-0.39, 0.29) is 17.0 Å². The van der Waals surface area contributed by atoms with Gasteiger partial charge >= 0.3 is 5.97 Å². The van der Waals surface area contributed by atoms with Crippen molar-refractivity contribution in [3.63, 3.8) is 0 Å². The van der Waals surface area contributed by atoms with Crippen LogP contribution in [-0.2, 0) is 19.6 Å². The van der Waals surface area contributed by atoms with E-state index in [0.717, 1.165) is 4.31 Å². The van der Waals surface area contributed by atoms with E-state index in [1.165, 1.54) is 20.2 Å². The highest BCUT2D eigenvalue weighted by atomic mass is 32.2. The summed E-state index contributed by atoms with van der Waals surface area (Å²) in [7, 11) is -1.11. The van der Waals surface area contributed by atoms with Gasteiger partial charge in [0.1, 0.15) is 0 Å². The van der Waals surface area contributed by atoms with Gasteiger partial charge in [-0.3, -0.25) is 4.79 Å². The molecule has 1 unspecified atom stereocenters. The normalized spacial score (nSPS) is 12.8. The van der Waals surface area contributed by atoms with Crippen LogP contribution in [-0.4, -0.2) is 39.4 Å². The highest BCUT2D eigenvalue weighted by Gasteiger charge is 2.26. The first-order valence-electron chi connectivity index (χ1n) is 6.29. The molecule has 0 amide bonds. The minimum atomic E-state index is -3.76. The van der Waals surface area contributed by atoms with Crippen LogP contribution in [0.15, 0.2) is 23.1 Å². The number of hydrogen-bond acceptors (Lipinski definition) is 5. The molecule has 0 aromatic heterocycles. The van der Waals surface area contributed by atoms with Gasteiger partial charge in [0, 0.05) is 13.6 Å². The van der Waals surface area contributed by atoms with Gasteiger partial charge in [-0.1, -0.05) is 13.0 Å². The highest BCUT2D eigenvalue weighted by molar-refractivity contribution is 7.89. The summed E-state index contributed by atoms with van der Waals surface area (Å²) in [5, 5.41) is 8.89. The molecule has 1 atom stereocenters. The first kappa shape index (κ1) is 17.1. The van der Waals surface area contributed by atoms with Crippen LogP contribution in [0.5, 0.6) is 0 Å². The third-order valence-corrected chi connectivity index (χ3v) is 5.11. The lowest BCUT2D eigenvalue weighted by Gasteiger charge is -2.21. The molecule has 0 aliphatic heterocycles. The van der Waals surface area contributed by atoms with Gasteiger partial charge in [-0.25, -0.2) is 12.7 Å². The van der Waals surface area contributed by atoms with Crippen molar-refractivity contribution in [1.29, 1.82) is 5.26 Å². The second-order valence-corrected chi connectivity index (χ2v) is 6.82. The molecular weight excluding hydrogens is 292 g/mol. The number of esters is 1. The molecule has 1 aromatic carbocycles. The van der Waals surface area contributed by atoms with Crippen LogP contribution in [0.2, 0.25) is 0 Å². The molecular formula is C14H18N2O4S. The van der Waals surface area contributed by atoms with Crippen molar-refractivity contribution in [2.75, 3.05) is 20.7 Å². The Morgan fingerprint density at radius 3 is 2.62 bits per heavy atom. The van der Waals surface area contributed by atoms with E-state index >= 15 is 0 Å². The molecule has 0 fully saturated rings. The summed E-state index contributed by atoms with van der Waals surface area (Å²) >= 11 is 0. The topological polar surface area (TPSA) is 87.5 Å². The average molecular weight is 310 g/mol. The monoisotopic (exact) mass is 310 g/mol. The van der Waals surface area contributed by atoms with Crippen molar-refractivity contribution >= 4 is 16.0 Å². The Bertz CT molecular complexity index is 677. The third kappa shape index (κ3) is 3.80. The summed E-state index contributed by atoms with van der Waals surface area (Å²) in [5.41, 5.74) is 0.820. The number of benzene rings is 1. The van der Waals surface area contributed by atoms with Crippen molar-refractivity contribution in [2.45, 2.75) is 18.7 Å². The fourth-order valence-corrected chi connectivity index (χ4v) is 3.38. The third-order valence-electron chi connectivity index (χ3n) is 3.14. The van der Waals surface area contributed by atoms with Crippen LogP contribution >= 0.6 is 0 Å². The van der Waals surface area contributed by atoms with Crippen molar-refractivity contribution in [3.05, 3.63) is 29.3 Å². The summed E-state index contributed by atoms with van der Waals surface area (Å²) < 4.78 is 30.7. The Kier molecular flexibility index (Phi) is 5.47. The minimum Gasteiger partial charge on any atom is -0.469 e. The maximum absolute atomic E-state index is 12.5. The summed E-state index contributed by atoms with van der Waals surface area (Å²) in [5.74, 6) is -1.05. The number of aryl methyl sites for hydroxylation is 1. The molecule has 0 spiro atoms. The molecule has 0 saturated carbocycles. The highest BCUT2D eigenvalue weighted by Crippen LogP contribution is 2.21. The molecule has 0 N–H and O–H groups in total. The summed E-state index contributed by atoms with van der Waals surface area (Å²) in [4.78, 5) is 11.5. The van der Waals surface area contributed by atoms with E-state index in [4.69, 9.17) is 5.26 Å². The van der Waals surface area contributed by atoms with Crippen LogP contribution in [0.3, 0.4) is 0 Å². The first-order valence-corrected chi connectivity index (χ1v) is 7.73.